The second-order valence-corrected chi connectivity index (χ2v) is 4.47. The molecule has 1 aromatic rings. The van der Waals surface area contributed by atoms with Gasteiger partial charge in [0.1, 0.15) is 0 Å². The van der Waals surface area contributed by atoms with E-state index in [4.69, 9.17) is 0 Å². The van der Waals surface area contributed by atoms with Gasteiger partial charge in [0.05, 0.1) is 11.8 Å². The molecule has 1 aliphatic rings. The Labute approximate surface area is 82.2 Å². The minimum absolute atomic E-state index is 0.0144. The molecule has 0 bridgehead atoms. The molecular weight excluding hydrogens is 181 g/mol. The maximum atomic E-state index is 13.2. The zero-order valence-corrected chi connectivity index (χ0v) is 8.25. The van der Waals surface area contributed by atoms with Crippen LogP contribution < -0.4 is 0 Å². The van der Waals surface area contributed by atoms with Crippen molar-refractivity contribution >= 4 is 5.78 Å². The number of nitrogens with zero attached hydrogens (tertiary/aromatic N) is 1. The second-order valence-electron chi connectivity index (χ2n) is 4.47. The van der Waals surface area contributed by atoms with E-state index in [2.05, 4.69) is 4.98 Å². The number of pyridine rings is 1. The van der Waals surface area contributed by atoms with Gasteiger partial charge in [-0.15, -0.1) is 0 Å². The fraction of sp³-hybridized carbons (Fsp3) is 0.455. The molecule has 0 saturated heterocycles. The van der Waals surface area contributed by atoms with E-state index >= 15 is 0 Å². The van der Waals surface area contributed by atoms with Gasteiger partial charge >= 0.3 is 0 Å². The quantitative estimate of drug-likeness (QED) is 0.675. The van der Waals surface area contributed by atoms with E-state index in [-0.39, 0.29) is 22.7 Å². The number of hydrogen-bond acceptors (Lipinski definition) is 2. The first-order chi connectivity index (χ1) is 6.52. The van der Waals surface area contributed by atoms with Crippen LogP contribution in [0.5, 0.6) is 0 Å². The SMILES string of the molecule is CC1(C)CC1C(=O)c1ccncc1F. The molecule has 1 unspecified atom stereocenters. The standard InChI is InChI=1S/C11H12FNO/c1-11(2)5-8(11)10(14)7-3-4-13-6-9(7)12/h3-4,6,8H,5H2,1-2H3. The third-order valence-corrected chi connectivity index (χ3v) is 2.87. The Bertz CT molecular complexity index is 387. The molecular formula is C11H12FNO. The van der Waals surface area contributed by atoms with Crippen molar-refractivity contribution < 1.29 is 9.18 Å². The Hall–Kier alpha value is -1.25. The Kier molecular flexibility index (Phi) is 1.91. The van der Waals surface area contributed by atoms with E-state index in [0.29, 0.717) is 0 Å². The number of hydrogen-bond donors (Lipinski definition) is 0. The first-order valence-electron chi connectivity index (χ1n) is 4.66. The van der Waals surface area contributed by atoms with Crippen molar-refractivity contribution in [2.75, 3.05) is 0 Å². The smallest absolute Gasteiger partial charge is 0.169 e. The van der Waals surface area contributed by atoms with Crippen LogP contribution in [0.25, 0.3) is 0 Å². The molecule has 14 heavy (non-hydrogen) atoms. The molecule has 0 aromatic carbocycles. The summed E-state index contributed by atoms with van der Waals surface area (Å²) < 4.78 is 13.2. The third-order valence-electron chi connectivity index (χ3n) is 2.87. The van der Waals surface area contributed by atoms with Gasteiger partial charge < -0.3 is 0 Å². The average molecular weight is 193 g/mol. The summed E-state index contributed by atoms with van der Waals surface area (Å²) in [6.45, 7) is 4.04. The van der Waals surface area contributed by atoms with Crippen LogP contribution in [-0.4, -0.2) is 10.8 Å². The molecule has 1 heterocycles. The summed E-state index contributed by atoms with van der Waals surface area (Å²) in [7, 11) is 0. The Morgan fingerprint density at radius 2 is 2.29 bits per heavy atom. The van der Waals surface area contributed by atoms with Crippen molar-refractivity contribution in [2.24, 2.45) is 11.3 Å². The first-order valence-corrected chi connectivity index (χ1v) is 4.66. The van der Waals surface area contributed by atoms with Gasteiger partial charge in [0, 0.05) is 12.1 Å². The zero-order valence-electron chi connectivity index (χ0n) is 8.25. The van der Waals surface area contributed by atoms with E-state index < -0.39 is 5.82 Å². The number of halogens is 1. The normalized spacial score (nSPS) is 23.2. The Morgan fingerprint density at radius 1 is 1.64 bits per heavy atom. The molecule has 0 amide bonds. The average Bonchev–Trinajstić information content (AvgIpc) is 2.75. The lowest BCUT2D eigenvalue weighted by Crippen LogP contribution is -2.08. The minimum atomic E-state index is -0.514. The maximum Gasteiger partial charge on any atom is 0.169 e. The lowest BCUT2D eigenvalue weighted by molar-refractivity contribution is 0.0949. The highest BCUT2D eigenvalue weighted by Crippen LogP contribution is 2.53. The minimum Gasteiger partial charge on any atom is -0.294 e. The summed E-state index contributed by atoms with van der Waals surface area (Å²) in [5.74, 6) is -0.616. The van der Waals surface area contributed by atoms with Crippen molar-refractivity contribution in [2.45, 2.75) is 20.3 Å². The lowest BCUT2D eigenvalue weighted by atomic mass is 10.0. The largest absolute Gasteiger partial charge is 0.294 e. The zero-order chi connectivity index (χ0) is 10.3. The van der Waals surface area contributed by atoms with E-state index in [1.165, 1.54) is 12.3 Å². The fourth-order valence-electron chi connectivity index (χ4n) is 1.68. The van der Waals surface area contributed by atoms with Crippen LogP contribution >= 0.6 is 0 Å². The summed E-state index contributed by atoms with van der Waals surface area (Å²) in [5.41, 5.74) is 0.225. The van der Waals surface area contributed by atoms with Crippen LogP contribution in [0, 0.1) is 17.2 Å². The summed E-state index contributed by atoms with van der Waals surface area (Å²) in [5, 5.41) is 0. The van der Waals surface area contributed by atoms with Gasteiger partial charge in [0.2, 0.25) is 0 Å². The molecule has 2 nitrogen and oxygen atoms in total. The van der Waals surface area contributed by atoms with Crippen LogP contribution in [0.15, 0.2) is 18.5 Å². The molecule has 74 valence electrons. The van der Waals surface area contributed by atoms with Gasteiger partial charge in [-0.05, 0) is 17.9 Å². The van der Waals surface area contributed by atoms with Crippen molar-refractivity contribution in [3.05, 3.63) is 29.8 Å². The number of Topliss-reactive ketones (excluding diaryl/α,β-unsaturated/α-hetero) is 1. The van der Waals surface area contributed by atoms with Gasteiger partial charge in [-0.25, -0.2) is 4.39 Å². The first kappa shape index (κ1) is 9.31. The number of aromatic nitrogens is 1. The van der Waals surface area contributed by atoms with E-state index in [1.54, 1.807) is 0 Å². The maximum absolute atomic E-state index is 13.2. The van der Waals surface area contributed by atoms with Gasteiger partial charge in [-0.2, -0.15) is 0 Å². The van der Waals surface area contributed by atoms with Crippen molar-refractivity contribution in [3.8, 4) is 0 Å². The highest BCUT2D eigenvalue weighted by Gasteiger charge is 2.50. The number of carbonyl (C=O) groups excluding carboxylic acids is 1. The molecule has 0 radical (unpaired) electrons. The van der Waals surface area contributed by atoms with Crippen LogP contribution in [0.3, 0.4) is 0 Å². The van der Waals surface area contributed by atoms with Crippen LogP contribution in [-0.2, 0) is 0 Å². The predicted octanol–water partition coefficient (Wildman–Crippen LogP) is 2.45. The summed E-state index contributed by atoms with van der Waals surface area (Å²) >= 11 is 0. The lowest BCUT2D eigenvalue weighted by Gasteiger charge is -2.03. The second kappa shape index (κ2) is 2.87. The Morgan fingerprint density at radius 3 is 2.79 bits per heavy atom. The molecule has 1 saturated carbocycles. The molecule has 0 spiro atoms. The highest BCUT2D eigenvalue weighted by atomic mass is 19.1. The van der Waals surface area contributed by atoms with E-state index in [9.17, 15) is 9.18 Å². The highest BCUT2D eigenvalue weighted by molar-refractivity contribution is 6.00. The molecule has 0 N–H and O–H groups in total. The summed E-state index contributed by atoms with van der Waals surface area (Å²) in [4.78, 5) is 15.4. The summed E-state index contributed by atoms with van der Waals surface area (Å²) in [6, 6.07) is 1.45. The van der Waals surface area contributed by atoms with Gasteiger partial charge in [-0.3, -0.25) is 9.78 Å². The van der Waals surface area contributed by atoms with Gasteiger partial charge in [0.25, 0.3) is 0 Å². The van der Waals surface area contributed by atoms with Crippen LogP contribution in [0.1, 0.15) is 30.6 Å². The molecule has 1 aliphatic carbocycles. The molecule has 1 atom stereocenters. The van der Waals surface area contributed by atoms with Crippen molar-refractivity contribution in [1.82, 2.24) is 4.98 Å². The van der Waals surface area contributed by atoms with E-state index in [0.717, 1.165) is 12.6 Å². The number of carbonyl (C=O) groups is 1. The number of ketones is 1. The predicted molar refractivity (Wildman–Crippen MR) is 50.4 cm³/mol. The molecule has 0 aliphatic heterocycles. The topological polar surface area (TPSA) is 30.0 Å². The monoisotopic (exact) mass is 193 g/mol. The Balaban J connectivity index is 2.25. The van der Waals surface area contributed by atoms with Crippen molar-refractivity contribution in [3.63, 3.8) is 0 Å². The van der Waals surface area contributed by atoms with Crippen molar-refractivity contribution in [1.29, 1.82) is 0 Å². The fourth-order valence-corrected chi connectivity index (χ4v) is 1.68. The van der Waals surface area contributed by atoms with Crippen LogP contribution in [0.4, 0.5) is 4.39 Å². The molecule has 1 fully saturated rings. The molecule has 2 rings (SSSR count). The number of rotatable bonds is 2. The third kappa shape index (κ3) is 1.43. The van der Waals surface area contributed by atoms with E-state index in [1.807, 2.05) is 13.8 Å². The molecule has 3 heteroatoms. The van der Waals surface area contributed by atoms with Gasteiger partial charge in [0.15, 0.2) is 11.6 Å². The van der Waals surface area contributed by atoms with Gasteiger partial charge in [-0.1, -0.05) is 13.8 Å². The molecule has 1 aromatic heterocycles. The summed E-state index contributed by atoms with van der Waals surface area (Å²) in [6.07, 6.45) is 3.39. The van der Waals surface area contributed by atoms with Crippen LogP contribution in [0.2, 0.25) is 0 Å².